The van der Waals surface area contributed by atoms with E-state index in [0.717, 1.165) is 11.3 Å². The predicted molar refractivity (Wildman–Crippen MR) is 85.6 cm³/mol. The van der Waals surface area contributed by atoms with Crippen molar-refractivity contribution in [1.82, 2.24) is 9.78 Å². The standard InChI is InChI=1S/C16H15N3OS/c1-12-6-5-9-14(10-12)17-11-19-16(21)20-15(18-19)13-7-3-2-4-8-13/h2-10,17H,11H2,1H3. The summed E-state index contributed by atoms with van der Waals surface area (Å²) in [6.07, 6.45) is 0. The molecule has 0 aliphatic heterocycles. The number of rotatable bonds is 4. The van der Waals surface area contributed by atoms with E-state index in [1.54, 1.807) is 4.68 Å². The molecule has 21 heavy (non-hydrogen) atoms. The van der Waals surface area contributed by atoms with Gasteiger partial charge in [-0.3, -0.25) is 0 Å². The largest absolute Gasteiger partial charge is 0.409 e. The molecule has 0 aliphatic rings. The molecular formula is C16H15N3OS. The Kier molecular flexibility index (Phi) is 3.83. The van der Waals surface area contributed by atoms with Crippen LogP contribution in [0.2, 0.25) is 0 Å². The molecule has 3 rings (SSSR count). The van der Waals surface area contributed by atoms with Gasteiger partial charge >= 0.3 is 0 Å². The van der Waals surface area contributed by atoms with Crippen molar-refractivity contribution in [2.75, 3.05) is 5.32 Å². The lowest BCUT2D eigenvalue weighted by Crippen LogP contribution is -2.09. The summed E-state index contributed by atoms with van der Waals surface area (Å²) < 4.78 is 7.18. The molecule has 0 atom stereocenters. The fourth-order valence-corrected chi connectivity index (χ4v) is 2.21. The average Bonchev–Trinajstić information content (AvgIpc) is 2.87. The highest BCUT2D eigenvalue weighted by molar-refractivity contribution is 7.71. The summed E-state index contributed by atoms with van der Waals surface area (Å²) in [6.45, 7) is 2.53. The van der Waals surface area contributed by atoms with Crippen LogP contribution in [-0.4, -0.2) is 9.78 Å². The van der Waals surface area contributed by atoms with Crippen molar-refractivity contribution in [1.29, 1.82) is 0 Å². The van der Waals surface area contributed by atoms with Gasteiger partial charge in [0.1, 0.15) is 6.67 Å². The minimum absolute atomic E-state index is 0.356. The third-order valence-corrected chi connectivity index (χ3v) is 3.37. The maximum absolute atomic E-state index is 5.54. The molecule has 0 bridgehead atoms. The summed E-state index contributed by atoms with van der Waals surface area (Å²) in [5.41, 5.74) is 3.15. The Morgan fingerprint density at radius 3 is 2.71 bits per heavy atom. The van der Waals surface area contributed by atoms with Gasteiger partial charge in [0.25, 0.3) is 4.84 Å². The Balaban J connectivity index is 1.78. The van der Waals surface area contributed by atoms with Crippen LogP contribution in [0.5, 0.6) is 0 Å². The van der Waals surface area contributed by atoms with Crippen LogP contribution >= 0.6 is 12.2 Å². The van der Waals surface area contributed by atoms with E-state index < -0.39 is 0 Å². The molecule has 0 aliphatic carbocycles. The molecule has 0 saturated carbocycles. The van der Waals surface area contributed by atoms with Gasteiger partial charge in [0, 0.05) is 11.3 Å². The van der Waals surface area contributed by atoms with Crippen LogP contribution < -0.4 is 5.32 Å². The number of aromatic nitrogens is 2. The SMILES string of the molecule is Cc1cccc(NCn2nc(-c3ccccc3)oc2=S)c1. The summed E-state index contributed by atoms with van der Waals surface area (Å²) in [5, 5.41) is 7.68. The Hall–Kier alpha value is -2.40. The van der Waals surface area contributed by atoms with Crippen molar-refractivity contribution < 1.29 is 4.42 Å². The number of hydrogen-bond acceptors (Lipinski definition) is 4. The number of benzene rings is 2. The maximum atomic E-state index is 5.54. The van der Waals surface area contributed by atoms with Gasteiger partial charge in [0.2, 0.25) is 5.89 Å². The van der Waals surface area contributed by atoms with E-state index in [9.17, 15) is 0 Å². The highest BCUT2D eigenvalue weighted by atomic mass is 32.1. The average molecular weight is 297 g/mol. The van der Waals surface area contributed by atoms with Gasteiger partial charge in [-0.2, -0.15) is 0 Å². The van der Waals surface area contributed by atoms with Gasteiger partial charge in [0.05, 0.1) is 0 Å². The molecule has 4 nitrogen and oxygen atoms in total. The third kappa shape index (κ3) is 3.20. The van der Waals surface area contributed by atoms with Gasteiger partial charge in [-0.05, 0) is 49.0 Å². The summed E-state index contributed by atoms with van der Waals surface area (Å²) in [5.74, 6) is 0.534. The van der Waals surface area contributed by atoms with E-state index in [4.69, 9.17) is 16.6 Å². The molecule has 0 radical (unpaired) electrons. The molecule has 0 unspecified atom stereocenters. The van der Waals surface area contributed by atoms with Crippen LogP contribution in [0.25, 0.3) is 11.5 Å². The summed E-state index contributed by atoms with van der Waals surface area (Å²) >= 11 is 5.21. The topological polar surface area (TPSA) is 43.0 Å². The number of nitrogens with zero attached hydrogens (tertiary/aromatic N) is 2. The molecule has 0 spiro atoms. The second kappa shape index (κ2) is 5.93. The van der Waals surface area contributed by atoms with Crippen LogP contribution in [0.3, 0.4) is 0 Å². The minimum Gasteiger partial charge on any atom is -0.409 e. The predicted octanol–water partition coefficient (Wildman–Crippen LogP) is 4.25. The third-order valence-electron chi connectivity index (χ3n) is 3.08. The second-order valence-electron chi connectivity index (χ2n) is 4.74. The zero-order valence-corrected chi connectivity index (χ0v) is 12.4. The zero-order valence-electron chi connectivity index (χ0n) is 11.6. The molecule has 0 saturated heterocycles. The van der Waals surface area contributed by atoms with E-state index in [1.165, 1.54) is 5.56 Å². The summed E-state index contributed by atoms with van der Waals surface area (Å²) in [4.78, 5) is 0.356. The lowest BCUT2D eigenvalue weighted by Gasteiger charge is -2.06. The lowest BCUT2D eigenvalue weighted by atomic mass is 10.2. The van der Waals surface area contributed by atoms with Crippen molar-refractivity contribution >= 4 is 17.9 Å². The van der Waals surface area contributed by atoms with Gasteiger partial charge in [0.15, 0.2) is 0 Å². The van der Waals surface area contributed by atoms with Crippen molar-refractivity contribution in [2.24, 2.45) is 0 Å². The second-order valence-corrected chi connectivity index (χ2v) is 5.09. The Bertz CT molecular complexity index is 793. The highest BCUT2D eigenvalue weighted by Gasteiger charge is 2.07. The van der Waals surface area contributed by atoms with Crippen LogP contribution in [0.15, 0.2) is 59.0 Å². The van der Waals surface area contributed by atoms with Gasteiger partial charge in [-0.25, -0.2) is 4.68 Å². The van der Waals surface area contributed by atoms with E-state index >= 15 is 0 Å². The van der Waals surface area contributed by atoms with E-state index in [-0.39, 0.29) is 0 Å². The van der Waals surface area contributed by atoms with E-state index in [2.05, 4.69) is 29.5 Å². The number of nitrogens with one attached hydrogen (secondary N) is 1. The fraction of sp³-hybridized carbons (Fsp3) is 0.125. The maximum Gasteiger partial charge on any atom is 0.289 e. The van der Waals surface area contributed by atoms with E-state index in [0.29, 0.717) is 17.4 Å². The normalized spacial score (nSPS) is 10.5. The summed E-state index contributed by atoms with van der Waals surface area (Å²) in [7, 11) is 0. The lowest BCUT2D eigenvalue weighted by molar-refractivity contribution is 0.522. The van der Waals surface area contributed by atoms with E-state index in [1.807, 2.05) is 42.5 Å². The molecule has 2 aromatic carbocycles. The van der Waals surface area contributed by atoms with Crippen LogP contribution in [0.4, 0.5) is 5.69 Å². The molecule has 1 N–H and O–H groups in total. The molecule has 1 aromatic heterocycles. The highest BCUT2D eigenvalue weighted by Crippen LogP contribution is 2.17. The van der Waals surface area contributed by atoms with Crippen molar-refractivity contribution in [3.63, 3.8) is 0 Å². The summed E-state index contributed by atoms with van der Waals surface area (Å²) in [6, 6.07) is 17.9. The van der Waals surface area contributed by atoms with Crippen LogP contribution in [0.1, 0.15) is 5.56 Å². The fourth-order valence-electron chi connectivity index (χ4n) is 2.02. The molecule has 0 fully saturated rings. The number of aryl methyl sites for hydroxylation is 1. The Morgan fingerprint density at radius 1 is 1.14 bits per heavy atom. The smallest absolute Gasteiger partial charge is 0.289 e. The Morgan fingerprint density at radius 2 is 1.95 bits per heavy atom. The zero-order chi connectivity index (χ0) is 14.7. The first kappa shape index (κ1) is 13.6. The van der Waals surface area contributed by atoms with Gasteiger partial charge in [-0.15, -0.1) is 5.10 Å². The monoisotopic (exact) mass is 297 g/mol. The molecule has 5 heteroatoms. The molecule has 0 amide bonds. The van der Waals surface area contributed by atoms with Crippen LogP contribution in [0, 0.1) is 11.8 Å². The molecule has 106 valence electrons. The minimum atomic E-state index is 0.356. The first-order chi connectivity index (χ1) is 10.2. The van der Waals surface area contributed by atoms with Crippen molar-refractivity contribution in [2.45, 2.75) is 13.6 Å². The number of hydrogen-bond donors (Lipinski definition) is 1. The first-order valence-electron chi connectivity index (χ1n) is 6.66. The first-order valence-corrected chi connectivity index (χ1v) is 7.07. The number of anilines is 1. The molecule has 3 aromatic rings. The van der Waals surface area contributed by atoms with Crippen molar-refractivity contribution in [3.8, 4) is 11.5 Å². The molecular weight excluding hydrogens is 282 g/mol. The van der Waals surface area contributed by atoms with Crippen LogP contribution in [-0.2, 0) is 6.67 Å². The van der Waals surface area contributed by atoms with Crippen molar-refractivity contribution in [3.05, 3.63) is 65.0 Å². The van der Waals surface area contributed by atoms with Gasteiger partial charge in [-0.1, -0.05) is 30.3 Å². The quantitative estimate of drug-likeness (QED) is 0.731. The Labute approximate surface area is 128 Å². The molecule has 1 heterocycles. The van der Waals surface area contributed by atoms with Gasteiger partial charge < -0.3 is 9.73 Å².